The van der Waals surface area contributed by atoms with Gasteiger partial charge in [0.25, 0.3) is 5.91 Å². The van der Waals surface area contributed by atoms with E-state index < -0.39 is 17.5 Å². The van der Waals surface area contributed by atoms with Crippen LogP contribution in [0, 0.1) is 0 Å². The fraction of sp³-hybridized carbons (Fsp3) is 0.286. The summed E-state index contributed by atoms with van der Waals surface area (Å²) in [6, 6.07) is 15.2. The largest absolute Gasteiger partial charge is 0.494 e. The van der Waals surface area contributed by atoms with Crippen LogP contribution in [0.2, 0.25) is 0 Å². The van der Waals surface area contributed by atoms with Crippen molar-refractivity contribution >= 4 is 17.7 Å². The van der Waals surface area contributed by atoms with Crippen LogP contribution >= 0.6 is 0 Å². The minimum atomic E-state index is -1.13. The number of ether oxygens (including phenoxy) is 1. The Balaban J connectivity index is 1.80. The number of imide groups is 1. The molecule has 6 nitrogen and oxygen atoms in total. The quantitative estimate of drug-likeness (QED) is 0.603. The lowest BCUT2D eigenvalue weighted by Crippen LogP contribution is -2.43. The van der Waals surface area contributed by atoms with Crippen LogP contribution in [0.4, 0.5) is 4.79 Å². The van der Waals surface area contributed by atoms with Crippen LogP contribution in [0.3, 0.4) is 0 Å². The maximum absolute atomic E-state index is 13.0. The van der Waals surface area contributed by atoms with Gasteiger partial charge in [0.2, 0.25) is 0 Å². The molecule has 1 saturated heterocycles. The van der Waals surface area contributed by atoms with Crippen molar-refractivity contribution in [1.82, 2.24) is 10.2 Å². The Kier molecular flexibility index (Phi) is 5.26. The average Bonchev–Trinajstić information content (AvgIpc) is 2.94. The van der Waals surface area contributed by atoms with Gasteiger partial charge in [0, 0.05) is 5.56 Å². The normalized spacial score (nSPS) is 19.1. The predicted molar refractivity (Wildman–Crippen MR) is 101 cm³/mol. The SMILES string of the molecule is CCOc1ccc(C(=O)CN2C(=O)N[C@@](CC)(c3ccccc3)C2=O)cc1. The number of hydrogen-bond donors (Lipinski definition) is 1. The molecule has 27 heavy (non-hydrogen) atoms. The smallest absolute Gasteiger partial charge is 0.325 e. The molecule has 140 valence electrons. The molecular weight excluding hydrogens is 344 g/mol. The van der Waals surface area contributed by atoms with Gasteiger partial charge in [0.1, 0.15) is 11.3 Å². The van der Waals surface area contributed by atoms with Crippen molar-refractivity contribution in [2.24, 2.45) is 0 Å². The molecule has 1 heterocycles. The minimum absolute atomic E-state index is 0.298. The van der Waals surface area contributed by atoms with E-state index in [1.54, 1.807) is 36.4 Å². The number of rotatable bonds is 7. The van der Waals surface area contributed by atoms with Crippen LogP contribution in [0.25, 0.3) is 0 Å². The number of urea groups is 1. The third-order valence-electron chi connectivity index (χ3n) is 4.76. The first-order valence-electron chi connectivity index (χ1n) is 8.97. The molecule has 3 amide bonds. The molecule has 2 aromatic rings. The molecule has 0 radical (unpaired) electrons. The van der Waals surface area contributed by atoms with Gasteiger partial charge in [-0.05, 0) is 43.2 Å². The molecule has 3 rings (SSSR count). The Morgan fingerprint density at radius 1 is 1.04 bits per heavy atom. The number of nitrogens with zero attached hydrogens (tertiary/aromatic N) is 1. The van der Waals surface area contributed by atoms with Gasteiger partial charge < -0.3 is 10.1 Å². The first kappa shape index (κ1) is 18.6. The lowest BCUT2D eigenvalue weighted by atomic mass is 9.87. The van der Waals surface area contributed by atoms with Crippen LogP contribution in [0.1, 0.15) is 36.2 Å². The van der Waals surface area contributed by atoms with E-state index in [1.165, 1.54) is 0 Å². The highest BCUT2D eigenvalue weighted by molar-refractivity contribution is 6.11. The topological polar surface area (TPSA) is 75.7 Å². The van der Waals surface area contributed by atoms with Crippen LogP contribution in [0.15, 0.2) is 54.6 Å². The van der Waals surface area contributed by atoms with E-state index in [4.69, 9.17) is 4.74 Å². The second kappa shape index (κ2) is 7.61. The van der Waals surface area contributed by atoms with Crippen LogP contribution in [-0.2, 0) is 10.3 Å². The van der Waals surface area contributed by atoms with Crippen molar-refractivity contribution in [2.75, 3.05) is 13.2 Å². The first-order valence-corrected chi connectivity index (χ1v) is 8.97. The van der Waals surface area contributed by atoms with E-state index in [2.05, 4.69) is 5.32 Å². The number of hydrogen-bond acceptors (Lipinski definition) is 4. The number of Topliss-reactive ketones (excluding diaryl/α,β-unsaturated/α-hetero) is 1. The molecule has 2 aromatic carbocycles. The Labute approximate surface area is 158 Å². The first-order chi connectivity index (χ1) is 13.0. The van der Waals surface area contributed by atoms with Crippen molar-refractivity contribution in [3.8, 4) is 5.75 Å². The van der Waals surface area contributed by atoms with Crippen molar-refractivity contribution in [1.29, 1.82) is 0 Å². The van der Waals surface area contributed by atoms with Gasteiger partial charge in [-0.3, -0.25) is 14.5 Å². The summed E-state index contributed by atoms with van der Waals surface area (Å²) in [7, 11) is 0. The Morgan fingerprint density at radius 2 is 1.70 bits per heavy atom. The van der Waals surface area contributed by atoms with Crippen LogP contribution in [-0.4, -0.2) is 35.8 Å². The molecular formula is C21H22N2O4. The Morgan fingerprint density at radius 3 is 2.30 bits per heavy atom. The summed E-state index contributed by atoms with van der Waals surface area (Å²) in [4.78, 5) is 39.1. The van der Waals surface area contributed by atoms with Gasteiger partial charge in [-0.25, -0.2) is 4.79 Å². The van der Waals surface area contributed by atoms with Crippen LogP contribution < -0.4 is 10.1 Å². The van der Waals surface area contributed by atoms with Gasteiger partial charge in [0.15, 0.2) is 5.78 Å². The highest BCUT2D eigenvalue weighted by atomic mass is 16.5. The third-order valence-corrected chi connectivity index (χ3v) is 4.76. The zero-order chi connectivity index (χ0) is 19.4. The summed E-state index contributed by atoms with van der Waals surface area (Å²) in [6.07, 6.45) is 0.398. The number of benzene rings is 2. The molecule has 0 bridgehead atoms. The minimum Gasteiger partial charge on any atom is -0.494 e. The summed E-state index contributed by atoms with van der Waals surface area (Å²) in [5.41, 5.74) is 0.00638. The van der Waals surface area contributed by atoms with Gasteiger partial charge in [-0.1, -0.05) is 37.3 Å². The zero-order valence-electron chi connectivity index (χ0n) is 15.4. The maximum Gasteiger partial charge on any atom is 0.325 e. The van der Waals surface area contributed by atoms with Crippen molar-refractivity contribution in [2.45, 2.75) is 25.8 Å². The Hall–Kier alpha value is -3.15. The van der Waals surface area contributed by atoms with Crippen molar-refractivity contribution < 1.29 is 19.1 Å². The van der Waals surface area contributed by atoms with E-state index in [0.29, 0.717) is 29.9 Å². The van der Waals surface area contributed by atoms with Crippen LogP contribution in [0.5, 0.6) is 5.75 Å². The lowest BCUT2D eigenvalue weighted by molar-refractivity contribution is -0.131. The summed E-state index contributed by atoms with van der Waals surface area (Å²) in [5.74, 6) is -0.0416. The molecule has 1 fully saturated rings. The molecule has 1 atom stereocenters. The lowest BCUT2D eigenvalue weighted by Gasteiger charge is -2.25. The predicted octanol–water partition coefficient (Wildman–Crippen LogP) is 3.13. The van der Waals surface area contributed by atoms with Gasteiger partial charge in [0.05, 0.1) is 13.2 Å². The zero-order valence-corrected chi connectivity index (χ0v) is 15.4. The van der Waals surface area contributed by atoms with E-state index in [1.807, 2.05) is 32.0 Å². The van der Waals surface area contributed by atoms with Gasteiger partial charge in [-0.2, -0.15) is 0 Å². The third kappa shape index (κ3) is 3.43. The molecule has 0 aliphatic carbocycles. The van der Waals surface area contributed by atoms with E-state index in [0.717, 1.165) is 4.90 Å². The number of amides is 3. The van der Waals surface area contributed by atoms with E-state index in [9.17, 15) is 14.4 Å². The standard InChI is InChI=1S/C21H22N2O4/c1-3-21(16-8-6-5-7-9-16)19(25)23(20(26)22-21)14-18(24)15-10-12-17(13-11-15)27-4-2/h5-13H,3-4,14H2,1-2H3,(H,22,26)/t21-/m0/s1. The highest BCUT2D eigenvalue weighted by Gasteiger charge is 2.51. The van der Waals surface area contributed by atoms with E-state index in [-0.39, 0.29) is 12.3 Å². The molecule has 6 heteroatoms. The van der Waals surface area contributed by atoms with Gasteiger partial charge in [-0.15, -0.1) is 0 Å². The molecule has 1 N–H and O–H groups in total. The summed E-state index contributed by atoms with van der Waals surface area (Å²) in [5, 5.41) is 2.78. The number of carbonyl (C=O) groups is 3. The van der Waals surface area contributed by atoms with E-state index >= 15 is 0 Å². The van der Waals surface area contributed by atoms with Crippen molar-refractivity contribution in [3.05, 3.63) is 65.7 Å². The fourth-order valence-corrected chi connectivity index (χ4v) is 3.27. The summed E-state index contributed by atoms with van der Waals surface area (Å²) < 4.78 is 5.36. The summed E-state index contributed by atoms with van der Waals surface area (Å²) >= 11 is 0. The second-order valence-corrected chi connectivity index (χ2v) is 6.33. The summed E-state index contributed by atoms with van der Waals surface area (Å²) in [6.45, 7) is 3.95. The van der Waals surface area contributed by atoms with Crippen molar-refractivity contribution in [3.63, 3.8) is 0 Å². The van der Waals surface area contributed by atoms with Gasteiger partial charge >= 0.3 is 6.03 Å². The number of carbonyl (C=O) groups excluding carboxylic acids is 3. The second-order valence-electron chi connectivity index (χ2n) is 6.33. The highest BCUT2D eigenvalue weighted by Crippen LogP contribution is 2.32. The molecule has 0 unspecified atom stereocenters. The monoisotopic (exact) mass is 366 g/mol. The number of nitrogens with one attached hydrogen (secondary N) is 1. The Bertz CT molecular complexity index is 848. The molecule has 1 aliphatic heterocycles. The molecule has 0 aromatic heterocycles. The maximum atomic E-state index is 13.0. The molecule has 0 saturated carbocycles. The fourth-order valence-electron chi connectivity index (χ4n) is 3.27. The molecule has 1 aliphatic rings. The average molecular weight is 366 g/mol. The molecule has 0 spiro atoms. The number of ketones is 1.